The molecule has 2 aromatic rings. The highest BCUT2D eigenvalue weighted by Gasteiger charge is 2.24. The van der Waals surface area contributed by atoms with Gasteiger partial charge in [-0.05, 0) is 80.1 Å². The maximum Gasteiger partial charge on any atom is 0.317 e. The maximum absolute atomic E-state index is 12.7. The van der Waals surface area contributed by atoms with E-state index in [4.69, 9.17) is 11.6 Å². The molecule has 0 aliphatic carbocycles. The molecule has 2 amide bonds. The molecule has 1 aromatic heterocycles. The third-order valence-electron chi connectivity index (χ3n) is 5.83. The number of carbonyl (C=O) groups is 1. The van der Waals surface area contributed by atoms with Crippen molar-refractivity contribution in [3.8, 4) is 10.4 Å². The summed E-state index contributed by atoms with van der Waals surface area (Å²) in [4.78, 5) is 20.3. The monoisotopic (exact) mass is 453 g/mol. The molecular weight excluding hydrogens is 425 g/mol. The zero-order chi connectivity index (χ0) is 21.8. The first-order chi connectivity index (χ1) is 14.3. The fourth-order valence-electron chi connectivity index (χ4n) is 3.79. The van der Waals surface area contributed by atoms with Gasteiger partial charge in [0.25, 0.3) is 0 Å². The van der Waals surface area contributed by atoms with E-state index in [1.165, 1.54) is 11.3 Å². The van der Waals surface area contributed by atoms with Crippen molar-refractivity contribution in [2.45, 2.75) is 51.8 Å². The molecule has 1 fully saturated rings. The molecule has 0 radical (unpaired) electrons. The molecule has 1 aliphatic heterocycles. The molecular formula is C22H29ClFN3O2S. The second kappa shape index (κ2) is 10.1. The molecule has 1 saturated heterocycles. The SMILES string of the molecule is Cc1c(-c2ccc(C(C)OF)s2)ccc(C(C)NC(=O)N(C)C2CCNCC2)c1Cl. The van der Waals surface area contributed by atoms with Crippen molar-refractivity contribution >= 4 is 29.0 Å². The van der Waals surface area contributed by atoms with Crippen LogP contribution < -0.4 is 10.6 Å². The highest BCUT2D eigenvalue weighted by atomic mass is 35.5. The van der Waals surface area contributed by atoms with Crippen molar-refractivity contribution < 1.29 is 14.3 Å². The molecule has 2 heterocycles. The van der Waals surface area contributed by atoms with Crippen LogP contribution in [0.4, 0.5) is 9.32 Å². The Hall–Kier alpha value is -1.67. The fourth-order valence-corrected chi connectivity index (χ4v) is 5.18. The Morgan fingerprint density at radius 2 is 2.00 bits per heavy atom. The topological polar surface area (TPSA) is 53.6 Å². The van der Waals surface area contributed by atoms with Crippen LogP contribution in [0.2, 0.25) is 5.02 Å². The number of nitrogens with zero attached hydrogens (tertiary/aromatic N) is 1. The molecule has 30 heavy (non-hydrogen) atoms. The first kappa shape index (κ1) is 23.0. The summed E-state index contributed by atoms with van der Waals surface area (Å²) in [7, 11) is 1.85. The standard InChI is InChI=1S/C22H29ClFN3O2S/c1-13-17(20-8-7-19(30-20)15(3)29-24)5-6-18(21(13)23)14(2)26-22(28)27(4)16-9-11-25-12-10-16/h5-8,14-16,25H,9-12H2,1-4H3,(H,26,28). The number of amides is 2. The van der Waals surface area contributed by atoms with E-state index in [0.29, 0.717) is 5.02 Å². The van der Waals surface area contributed by atoms with Crippen LogP contribution in [0.5, 0.6) is 0 Å². The zero-order valence-electron chi connectivity index (χ0n) is 17.8. The average Bonchev–Trinajstić information content (AvgIpc) is 3.24. The number of hydrogen-bond acceptors (Lipinski definition) is 4. The Bertz CT molecular complexity index is 885. The van der Waals surface area contributed by atoms with Crippen LogP contribution in [0.1, 0.15) is 54.8 Å². The number of thiophene rings is 1. The summed E-state index contributed by atoms with van der Waals surface area (Å²) >= 11 is 8.18. The lowest BCUT2D eigenvalue weighted by Gasteiger charge is -2.32. The van der Waals surface area contributed by atoms with Gasteiger partial charge in [-0.1, -0.05) is 23.7 Å². The molecule has 2 atom stereocenters. The Balaban J connectivity index is 1.74. The van der Waals surface area contributed by atoms with Gasteiger partial charge in [-0.15, -0.1) is 11.3 Å². The third-order valence-corrected chi connectivity index (χ3v) is 7.61. The van der Waals surface area contributed by atoms with Crippen molar-refractivity contribution in [1.82, 2.24) is 15.5 Å². The van der Waals surface area contributed by atoms with Crippen LogP contribution in [0.25, 0.3) is 10.4 Å². The largest absolute Gasteiger partial charge is 0.331 e. The van der Waals surface area contributed by atoms with Crippen LogP contribution in [0.3, 0.4) is 0 Å². The first-order valence-corrected chi connectivity index (χ1v) is 11.4. The number of halogens is 2. The Labute approximate surface area is 186 Å². The van der Waals surface area contributed by atoms with Gasteiger partial charge in [0.1, 0.15) is 6.10 Å². The summed E-state index contributed by atoms with van der Waals surface area (Å²) in [5.41, 5.74) is 2.81. The van der Waals surface area contributed by atoms with Crippen molar-refractivity contribution in [2.24, 2.45) is 0 Å². The predicted octanol–water partition coefficient (Wildman–Crippen LogP) is 5.79. The Morgan fingerprint density at radius 3 is 2.67 bits per heavy atom. The van der Waals surface area contributed by atoms with Gasteiger partial charge in [-0.25, -0.2) is 4.79 Å². The zero-order valence-corrected chi connectivity index (χ0v) is 19.4. The molecule has 8 heteroatoms. The van der Waals surface area contributed by atoms with Crippen LogP contribution in [0.15, 0.2) is 24.3 Å². The van der Waals surface area contributed by atoms with Crippen molar-refractivity contribution in [3.63, 3.8) is 0 Å². The van der Waals surface area contributed by atoms with E-state index in [2.05, 4.69) is 15.6 Å². The van der Waals surface area contributed by atoms with Gasteiger partial charge in [0.2, 0.25) is 0 Å². The summed E-state index contributed by atoms with van der Waals surface area (Å²) in [6, 6.07) is 7.72. The van der Waals surface area contributed by atoms with E-state index in [1.54, 1.807) is 11.8 Å². The van der Waals surface area contributed by atoms with Crippen molar-refractivity contribution in [3.05, 3.63) is 45.3 Å². The highest BCUT2D eigenvalue weighted by molar-refractivity contribution is 7.15. The summed E-state index contributed by atoms with van der Waals surface area (Å²) < 4.78 is 12.5. The number of nitrogens with one attached hydrogen (secondary N) is 2. The number of piperidine rings is 1. The second-order valence-electron chi connectivity index (χ2n) is 7.84. The summed E-state index contributed by atoms with van der Waals surface area (Å²) in [6.07, 6.45) is 1.33. The quantitative estimate of drug-likeness (QED) is 0.581. The number of benzene rings is 1. The van der Waals surface area contributed by atoms with Gasteiger partial charge in [0.05, 0.1) is 6.04 Å². The smallest absolute Gasteiger partial charge is 0.317 e. The van der Waals surface area contributed by atoms with E-state index in [0.717, 1.165) is 52.4 Å². The van der Waals surface area contributed by atoms with E-state index in [-0.39, 0.29) is 18.1 Å². The minimum Gasteiger partial charge on any atom is -0.331 e. The van der Waals surface area contributed by atoms with E-state index >= 15 is 0 Å². The second-order valence-corrected chi connectivity index (χ2v) is 9.33. The minimum atomic E-state index is -0.592. The molecule has 0 saturated carbocycles. The molecule has 0 spiro atoms. The molecule has 1 aromatic carbocycles. The van der Waals surface area contributed by atoms with Crippen molar-refractivity contribution in [1.29, 1.82) is 0 Å². The van der Waals surface area contributed by atoms with Gasteiger partial charge in [0, 0.05) is 27.9 Å². The molecule has 5 nitrogen and oxygen atoms in total. The highest BCUT2D eigenvalue weighted by Crippen LogP contribution is 2.38. The lowest BCUT2D eigenvalue weighted by atomic mass is 10.00. The molecule has 2 N–H and O–H groups in total. The van der Waals surface area contributed by atoms with Gasteiger partial charge < -0.3 is 15.5 Å². The lowest BCUT2D eigenvalue weighted by Crippen LogP contribution is -2.48. The van der Waals surface area contributed by atoms with Gasteiger partial charge in [-0.2, -0.15) is 4.94 Å². The number of hydrogen-bond donors (Lipinski definition) is 2. The molecule has 164 valence electrons. The van der Waals surface area contributed by atoms with Gasteiger partial charge in [0.15, 0.2) is 0 Å². The van der Waals surface area contributed by atoms with Crippen LogP contribution in [-0.2, 0) is 4.94 Å². The molecule has 2 unspecified atom stereocenters. The average molecular weight is 454 g/mol. The van der Waals surface area contributed by atoms with Crippen molar-refractivity contribution in [2.75, 3.05) is 20.1 Å². The Morgan fingerprint density at radius 1 is 1.30 bits per heavy atom. The lowest BCUT2D eigenvalue weighted by molar-refractivity contribution is -0.174. The first-order valence-electron chi connectivity index (χ1n) is 10.2. The van der Waals surface area contributed by atoms with E-state index < -0.39 is 6.10 Å². The van der Waals surface area contributed by atoms with E-state index in [1.807, 2.05) is 45.2 Å². The summed E-state index contributed by atoms with van der Waals surface area (Å²) in [6.45, 7) is 7.45. The third kappa shape index (κ3) is 4.97. The summed E-state index contributed by atoms with van der Waals surface area (Å²) in [5.74, 6) is 0. The maximum atomic E-state index is 12.7. The van der Waals surface area contributed by atoms with Crippen LogP contribution in [0, 0.1) is 6.92 Å². The fraction of sp³-hybridized carbons (Fsp3) is 0.500. The van der Waals surface area contributed by atoms with Gasteiger partial charge in [-0.3, -0.25) is 0 Å². The minimum absolute atomic E-state index is 0.0877. The number of urea groups is 1. The van der Waals surface area contributed by atoms with Crippen LogP contribution >= 0.6 is 22.9 Å². The van der Waals surface area contributed by atoms with Crippen LogP contribution in [-0.4, -0.2) is 37.1 Å². The predicted molar refractivity (Wildman–Crippen MR) is 121 cm³/mol. The molecule has 0 bridgehead atoms. The van der Waals surface area contributed by atoms with E-state index in [9.17, 15) is 9.32 Å². The molecule has 3 rings (SSSR count). The summed E-state index contributed by atoms with van der Waals surface area (Å²) in [5, 5.41) is 7.03. The molecule has 1 aliphatic rings. The van der Waals surface area contributed by atoms with Gasteiger partial charge >= 0.3 is 6.03 Å². The number of rotatable bonds is 6. The Kier molecular flexibility index (Phi) is 7.74. The number of carbonyl (C=O) groups excluding carboxylic acids is 1. The normalized spacial score (nSPS) is 16.9.